The third-order valence-corrected chi connectivity index (χ3v) is 5.53. The van der Waals surface area contributed by atoms with Crippen LogP contribution >= 0.6 is 0 Å². The van der Waals surface area contributed by atoms with Crippen molar-refractivity contribution in [1.29, 1.82) is 0 Å². The molecule has 0 saturated heterocycles. The second kappa shape index (κ2) is 8.10. The number of hydrazone groups is 1. The minimum absolute atomic E-state index is 0.434. The second-order valence-electron chi connectivity index (χ2n) is 6.37. The van der Waals surface area contributed by atoms with E-state index in [9.17, 15) is 8.42 Å². The number of hydrogen-bond acceptors (Lipinski definition) is 6. The van der Waals surface area contributed by atoms with Gasteiger partial charge in [0.1, 0.15) is 17.2 Å². The molecule has 1 aliphatic heterocycles. The molecule has 8 heteroatoms. The summed E-state index contributed by atoms with van der Waals surface area (Å²) in [5.41, 5.74) is 2.28. The largest absolute Gasteiger partial charge is 0.497 e. The van der Waals surface area contributed by atoms with Gasteiger partial charge in [-0.1, -0.05) is 0 Å². The number of rotatable bonds is 7. The molecule has 28 heavy (non-hydrogen) atoms. The fourth-order valence-corrected chi connectivity index (χ4v) is 4.10. The molecular formula is C20H24N2O5S. The van der Waals surface area contributed by atoms with Gasteiger partial charge >= 0.3 is 0 Å². The van der Waals surface area contributed by atoms with Crippen molar-refractivity contribution in [2.45, 2.75) is 19.4 Å². The van der Waals surface area contributed by atoms with Crippen molar-refractivity contribution < 1.29 is 22.6 Å². The SMILES string of the molecule is CCOc1ccc(C2=NN(S(C)(=O)=O)[C@H](c3ccc(OC)cc3OC)C2)cc1. The summed E-state index contributed by atoms with van der Waals surface area (Å²) in [6, 6.07) is 12.3. The quantitative estimate of drug-likeness (QED) is 0.708. The molecule has 3 rings (SSSR count). The molecule has 1 atom stereocenters. The molecule has 0 unspecified atom stereocenters. The zero-order valence-corrected chi connectivity index (χ0v) is 17.2. The monoisotopic (exact) mass is 404 g/mol. The van der Waals surface area contributed by atoms with E-state index in [1.807, 2.05) is 37.3 Å². The van der Waals surface area contributed by atoms with Crippen LogP contribution in [-0.4, -0.2) is 45.6 Å². The van der Waals surface area contributed by atoms with Crippen molar-refractivity contribution in [1.82, 2.24) is 4.41 Å². The molecular weight excluding hydrogens is 380 g/mol. The highest BCUT2D eigenvalue weighted by atomic mass is 32.2. The molecule has 0 fully saturated rings. The molecule has 2 aromatic carbocycles. The average molecular weight is 404 g/mol. The van der Waals surface area contributed by atoms with Crippen molar-refractivity contribution in [3.63, 3.8) is 0 Å². The maximum absolute atomic E-state index is 12.4. The van der Waals surface area contributed by atoms with Crippen LogP contribution < -0.4 is 14.2 Å². The standard InChI is InChI=1S/C20H24N2O5S/c1-5-27-15-8-6-14(7-9-15)18-13-19(22(21-18)28(4,23)24)17-11-10-16(25-2)12-20(17)26-3/h6-12,19H,5,13H2,1-4H3/t19-/m0/s1. The lowest BCUT2D eigenvalue weighted by atomic mass is 9.98. The summed E-state index contributed by atoms with van der Waals surface area (Å²) in [5, 5.41) is 4.42. The summed E-state index contributed by atoms with van der Waals surface area (Å²) in [6.45, 7) is 2.51. The minimum atomic E-state index is -3.56. The molecule has 1 heterocycles. The lowest BCUT2D eigenvalue weighted by Crippen LogP contribution is -2.26. The molecule has 0 aliphatic carbocycles. The summed E-state index contributed by atoms with van der Waals surface area (Å²) in [7, 11) is -0.447. The van der Waals surface area contributed by atoms with E-state index in [-0.39, 0.29) is 0 Å². The van der Waals surface area contributed by atoms with Crippen LogP contribution in [-0.2, 0) is 10.0 Å². The Bertz CT molecular complexity index is 971. The number of ether oxygens (including phenoxy) is 3. The molecule has 2 aromatic rings. The van der Waals surface area contributed by atoms with Crippen LogP contribution in [0.5, 0.6) is 17.2 Å². The van der Waals surface area contributed by atoms with E-state index in [4.69, 9.17) is 14.2 Å². The normalized spacial score (nSPS) is 16.6. The minimum Gasteiger partial charge on any atom is -0.497 e. The maximum atomic E-state index is 12.4. The molecule has 0 radical (unpaired) electrons. The van der Waals surface area contributed by atoms with E-state index in [1.54, 1.807) is 26.4 Å². The predicted octanol–water partition coefficient (Wildman–Crippen LogP) is 3.21. The van der Waals surface area contributed by atoms with Gasteiger partial charge < -0.3 is 14.2 Å². The Kier molecular flexibility index (Phi) is 5.79. The van der Waals surface area contributed by atoms with Crippen LogP contribution in [0, 0.1) is 0 Å². The Balaban J connectivity index is 1.98. The zero-order valence-electron chi connectivity index (χ0n) is 16.4. The van der Waals surface area contributed by atoms with E-state index < -0.39 is 16.1 Å². The first-order chi connectivity index (χ1) is 13.4. The second-order valence-corrected chi connectivity index (χ2v) is 8.21. The van der Waals surface area contributed by atoms with E-state index in [0.717, 1.165) is 27.5 Å². The highest BCUT2D eigenvalue weighted by molar-refractivity contribution is 7.88. The third kappa shape index (κ3) is 4.06. The number of hydrogen-bond donors (Lipinski definition) is 0. The van der Waals surface area contributed by atoms with Gasteiger partial charge in [0.15, 0.2) is 0 Å². The van der Waals surface area contributed by atoms with Crippen molar-refractivity contribution in [3.8, 4) is 17.2 Å². The van der Waals surface area contributed by atoms with Crippen LogP contribution in [0.2, 0.25) is 0 Å². The van der Waals surface area contributed by atoms with Crippen molar-refractivity contribution in [3.05, 3.63) is 53.6 Å². The Morgan fingerprint density at radius 3 is 2.32 bits per heavy atom. The Labute approximate surface area is 165 Å². The number of benzene rings is 2. The van der Waals surface area contributed by atoms with Gasteiger partial charge in [-0.05, 0) is 48.9 Å². The van der Waals surface area contributed by atoms with Crippen LogP contribution in [0.4, 0.5) is 0 Å². The van der Waals surface area contributed by atoms with Gasteiger partial charge in [-0.3, -0.25) is 0 Å². The molecule has 7 nitrogen and oxygen atoms in total. The molecule has 0 bridgehead atoms. The van der Waals surface area contributed by atoms with Crippen LogP contribution in [0.25, 0.3) is 0 Å². The van der Waals surface area contributed by atoms with E-state index in [2.05, 4.69) is 5.10 Å². The molecule has 0 saturated carbocycles. The number of methoxy groups -OCH3 is 2. The number of sulfonamides is 1. The van der Waals surface area contributed by atoms with Gasteiger partial charge in [0.25, 0.3) is 0 Å². The molecule has 0 spiro atoms. The molecule has 150 valence electrons. The Hall–Kier alpha value is -2.74. The van der Waals surface area contributed by atoms with Crippen LogP contribution in [0.3, 0.4) is 0 Å². The summed E-state index contributed by atoms with van der Waals surface area (Å²) in [5.74, 6) is 1.96. The summed E-state index contributed by atoms with van der Waals surface area (Å²) in [4.78, 5) is 0. The van der Waals surface area contributed by atoms with E-state index in [0.29, 0.717) is 30.2 Å². The topological polar surface area (TPSA) is 77.4 Å². The van der Waals surface area contributed by atoms with Crippen LogP contribution in [0.15, 0.2) is 47.6 Å². The molecule has 0 amide bonds. The summed E-state index contributed by atoms with van der Waals surface area (Å²) < 4.78 is 42.1. The molecule has 1 aliphatic rings. The average Bonchev–Trinajstić information content (AvgIpc) is 3.14. The third-order valence-electron chi connectivity index (χ3n) is 4.51. The highest BCUT2D eigenvalue weighted by Crippen LogP contribution is 2.40. The fourth-order valence-electron chi connectivity index (χ4n) is 3.20. The number of nitrogens with zero attached hydrogens (tertiary/aromatic N) is 2. The molecule has 0 aromatic heterocycles. The first-order valence-electron chi connectivity index (χ1n) is 8.89. The first-order valence-corrected chi connectivity index (χ1v) is 10.7. The Morgan fingerprint density at radius 2 is 1.75 bits per heavy atom. The lowest BCUT2D eigenvalue weighted by Gasteiger charge is -2.23. The van der Waals surface area contributed by atoms with E-state index in [1.165, 1.54) is 0 Å². The smallest absolute Gasteiger partial charge is 0.247 e. The van der Waals surface area contributed by atoms with Gasteiger partial charge in [-0.15, -0.1) is 0 Å². The van der Waals surface area contributed by atoms with Gasteiger partial charge in [-0.2, -0.15) is 9.52 Å². The predicted molar refractivity (Wildman–Crippen MR) is 108 cm³/mol. The van der Waals surface area contributed by atoms with Crippen molar-refractivity contribution in [2.24, 2.45) is 5.10 Å². The van der Waals surface area contributed by atoms with Crippen molar-refractivity contribution >= 4 is 15.7 Å². The maximum Gasteiger partial charge on any atom is 0.247 e. The fraction of sp³-hybridized carbons (Fsp3) is 0.350. The molecule has 0 N–H and O–H groups in total. The Morgan fingerprint density at radius 1 is 1.07 bits per heavy atom. The van der Waals surface area contributed by atoms with Gasteiger partial charge in [0.2, 0.25) is 10.0 Å². The zero-order chi connectivity index (χ0) is 20.3. The lowest BCUT2D eigenvalue weighted by molar-refractivity contribution is 0.340. The summed E-state index contributed by atoms with van der Waals surface area (Å²) in [6.07, 6.45) is 1.59. The van der Waals surface area contributed by atoms with Gasteiger partial charge in [0, 0.05) is 18.1 Å². The van der Waals surface area contributed by atoms with E-state index >= 15 is 0 Å². The first kappa shape index (κ1) is 20.0. The van der Waals surface area contributed by atoms with Gasteiger partial charge in [-0.25, -0.2) is 8.42 Å². The van der Waals surface area contributed by atoms with Gasteiger partial charge in [0.05, 0.1) is 38.8 Å². The van der Waals surface area contributed by atoms with Crippen molar-refractivity contribution in [2.75, 3.05) is 27.1 Å². The highest BCUT2D eigenvalue weighted by Gasteiger charge is 2.36. The van der Waals surface area contributed by atoms with Crippen LogP contribution in [0.1, 0.15) is 30.5 Å². The summed E-state index contributed by atoms with van der Waals surface area (Å²) >= 11 is 0.